The smallest absolute Gasteiger partial charge is 0.328 e. The van der Waals surface area contributed by atoms with Crippen molar-refractivity contribution in [3.05, 3.63) is 38.3 Å². The summed E-state index contributed by atoms with van der Waals surface area (Å²) in [5, 5.41) is -0.463. The minimum Gasteiger partial charge on any atom is -0.467 e. The summed E-state index contributed by atoms with van der Waals surface area (Å²) in [6.45, 7) is 1.47. The van der Waals surface area contributed by atoms with Gasteiger partial charge in [-0.1, -0.05) is 12.1 Å². The molecule has 1 atom stereocenters. The van der Waals surface area contributed by atoms with Gasteiger partial charge in [0.15, 0.2) is 0 Å². The lowest BCUT2D eigenvalue weighted by atomic mass is 10.2. The summed E-state index contributed by atoms with van der Waals surface area (Å²) in [6, 6.07) is 6.62. The summed E-state index contributed by atoms with van der Waals surface area (Å²) in [7, 11) is 1.22. The molecule has 1 saturated heterocycles. The summed E-state index contributed by atoms with van der Waals surface area (Å²) < 4.78 is 5.65. The maximum absolute atomic E-state index is 12.3. The highest BCUT2D eigenvalue weighted by Gasteiger charge is 2.41. The second-order valence-corrected chi connectivity index (χ2v) is 6.54. The predicted molar refractivity (Wildman–Crippen MR) is 88.4 cm³/mol. The topological polar surface area (TPSA) is 63.7 Å². The highest BCUT2D eigenvalue weighted by molar-refractivity contribution is 14.1. The molecular formula is C14H12INO4S. The van der Waals surface area contributed by atoms with Crippen LogP contribution in [0.15, 0.2) is 29.2 Å². The maximum Gasteiger partial charge on any atom is 0.328 e. The quantitative estimate of drug-likeness (QED) is 0.430. The van der Waals surface area contributed by atoms with Gasteiger partial charge in [0, 0.05) is 3.57 Å². The zero-order valence-corrected chi connectivity index (χ0v) is 14.3. The first kappa shape index (κ1) is 16.0. The molecule has 0 aliphatic carbocycles. The third-order valence-corrected chi connectivity index (χ3v) is 4.52. The molecule has 0 N–H and O–H groups in total. The number of amides is 2. The van der Waals surface area contributed by atoms with Gasteiger partial charge >= 0.3 is 5.97 Å². The molecule has 1 aromatic carbocycles. The van der Waals surface area contributed by atoms with Gasteiger partial charge < -0.3 is 4.74 Å². The average molecular weight is 417 g/mol. The minimum absolute atomic E-state index is 0.303. The minimum atomic E-state index is -0.926. The van der Waals surface area contributed by atoms with E-state index in [0.717, 1.165) is 25.8 Å². The second-order valence-electron chi connectivity index (χ2n) is 4.30. The third-order valence-electron chi connectivity index (χ3n) is 2.92. The Morgan fingerprint density at radius 2 is 1.95 bits per heavy atom. The van der Waals surface area contributed by atoms with E-state index in [4.69, 9.17) is 0 Å². The van der Waals surface area contributed by atoms with Gasteiger partial charge in [-0.3, -0.25) is 14.5 Å². The van der Waals surface area contributed by atoms with Crippen LogP contribution in [0.5, 0.6) is 0 Å². The number of hydrogen-bond donors (Lipinski definition) is 0. The number of nitrogens with zero attached hydrogens (tertiary/aromatic N) is 1. The van der Waals surface area contributed by atoms with Crippen molar-refractivity contribution in [2.45, 2.75) is 13.0 Å². The molecule has 0 saturated carbocycles. The van der Waals surface area contributed by atoms with Gasteiger partial charge in [0.25, 0.3) is 11.1 Å². The lowest BCUT2D eigenvalue weighted by Crippen LogP contribution is -2.42. The Labute approximate surface area is 139 Å². The van der Waals surface area contributed by atoms with E-state index in [2.05, 4.69) is 27.3 Å². The SMILES string of the molecule is COC(=O)C(C)N1C(=O)SC(=Cc2ccc(I)cc2)C1=O. The fraction of sp³-hybridized carbons (Fsp3) is 0.214. The van der Waals surface area contributed by atoms with Crippen molar-refractivity contribution < 1.29 is 19.1 Å². The van der Waals surface area contributed by atoms with Gasteiger partial charge in [-0.2, -0.15) is 0 Å². The van der Waals surface area contributed by atoms with E-state index < -0.39 is 23.2 Å². The average Bonchev–Trinajstić information content (AvgIpc) is 2.74. The largest absolute Gasteiger partial charge is 0.467 e. The monoisotopic (exact) mass is 417 g/mol. The normalized spacial score (nSPS) is 18.2. The zero-order valence-electron chi connectivity index (χ0n) is 11.3. The zero-order chi connectivity index (χ0) is 15.6. The molecule has 1 fully saturated rings. The Kier molecular flexibility index (Phi) is 5.04. The number of esters is 1. The number of thioether (sulfide) groups is 1. The summed E-state index contributed by atoms with van der Waals surface area (Å²) in [5.41, 5.74) is 0.826. The van der Waals surface area contributed by atoms with Crippen molar-refractivity contribution in [1.29, 1.82) is 0 Å². The van der Waals surface area contributed by atoms with Crippen LogP contribution in [-0.2, 0) is 14.3 Å². The van der Waals surface area contributed by atoms with E-state index in [1.54, 1.807) is 6.08 Å². The molecule has 5 nitrogen and oxygen atoms in total. The van der Waals surface area contributed by atoms with Crippen molar-refractivity contribution in [2.75, 3.05) is 7.11 Å². The molecule has 1 aliphatic heterocycles. The molecule has 1 aliphatic rings. The molecule has 0 bridgehead atoms. The van der Waals surface area contributed by atoms with Crippen molar-refractivity contribution in [3.8, 4) is 0 Å². The van der Waals surface area contributed by atoms with Crippen LogP contribution in [0.2, 0.25) is 0 Å². The van der Waals surface area contributed by atoms with Gasteiger partial charge in [0.2, 0.25) is 0 Å². The van der Waals surface area contributed by atoms with Crippen molar-refractivity contribution >= 4 is 57.5 Å². The van der Waals surface area contributed by atoms with E-state index in [-0.39, 0.29) is 0 Å². The van der Waals surface area contributed by atoms with E-state index in [9.17, 15) is 14.4 Å². The molecule has 21 heavy (non-hydrogen) atoms. The Bertz CT molecular complexity index is 626. The molecule has 0 radical (unpaired) electrons. The first-order valence-corrected chi connectivity index (χ1v) is 7.94. The summed E-state index contributed by atoms with van der Waals surface area (Å²) in [4.78, 5) is 36.9. The number of rotatable bonds is 3. The number of ether oxygens (including phenoxy) is 1. The summed E-state index contributed by atoms with van der Waals surface area (Å²) >= 11 is 3.01. The number of imide groups is 1. The predicted octanol–water partition coefficient (Wildman–Crippen LogP) is 2.89. The number of carbonyl (C=O) groups excluding carboxylic acids is 3. The Morgan fingerprint density at radius 3 is 2.52 bits per heavy atom. The van der Waals surface area contributed by atoms with Crippen molar-refractivity contribution in [2.24, 2.45) is 0 Å². The Morgan fingerprint density at radius 1 is 1.33 bits per heavy atom. The van der Waals surface area contributed by atoms with Crippen LogP contribution >= 0.6 is 34.4 Å². The molecule has 2 rings (SSSR count). The van der Waals surface area contributed by atoms with Gasteiger partial charge in [0.1, 0.15) is 6.04 Å². The molecule has 0 spiro atoms. The van der Waals surface area contributed by atoms with E-state index >= 15 is 0 Å². The molecule has 2 amide bonds. The molecule has 110 valence electrons. The number of benzene rings is 1. The van der Waals surface area contributed by atoms with Crippen LogP contribution in [0.1, 0.15) is 12.5 Å². The van der Waals surface area contributed by atoms with Crippen LogP contribution in [0.3, 0.4) is 0 Å². The van der Waals surface area contributed by atoms with Crippen LogP contribution < -0.4 is 0 Å². The lowest BCUT2D eigenvalue weighted by molar-refractivity contribution is -0.148. The Hall–Kier alpha value is -1.35. The van der Waals surface area contributed by atoms with E-state index in [0.29, 0.717) is 4.91 Å². The van der Waals surface area contributed by atoms with Crippen LogP contribution in [0.25, 0.3) is 6.08 Å². The van der Waals surface area contributed by atoms with Crippen LogP contribution in [0, 0.1) is 3.57 Å². The number of halogens is 1. The summed E-state index contributed by atoms with van der Waals surface area (Å²) in [5.74, 6) is -1.09. The van der Waals surface area contributed by atoms with Gasteiger partial charge in [0.05, 0.1) is 12.0 Å². The number of methoxy groups -OCH3 is 1. The lowest BCUT2D eigenvalue weighted by Gasteiger charge is -2.18. The molecule has 7 heteroatoms. The van der Waals surface area contributed by atoms with Crippen molar-refractivity contribution in [3.63, 3.8) is 0 Å². The van der Waals surface area contributed by atoms with E-state index in [1.807, 2.05) is 24.3 Å². The van der Waals surface area contributed by atoms with Gasteiger partial charge in [-0.25, -0.2) is 4.79 Å². The third kappa shape index (κ3) is 3.46. The first-order chi connectivity index (χ1) is 9.93. The van der Waals surface area contributed by atoms with Crippen LogP contribution in [0.4, 0.5) is 4.79 Å². The Balaban J connectivity index is 2.25. The standard InChI is InChI=1S/C14H12INO4S/c1-8(13(18)20-2)16-12(17)11(21-14(16)19)7-9-3-5-10(15)6-4-9/h3-8H,1-2H3. The molecule has 1 heterocycles. The molecule has 0 aromatic heterocycles. The number of carbonyl (C=O) groups is 3. The molecule has 1 aromatic rings. The van der Waals surface area contributed by atoms with Crippen LogP contribution in [-0.4, -0.2) is 35.2 Å². The van der Waals surface area contributed by atoms with Gasteiger partial charge in [-0.15, -0.1) is 0 Å². The fourth-order valence-corrected chi connectivity index (χ4v) is 3.07. The molecular weight excluding hydrogens is 405 g/mol. The van der Waals surface area contributed by atoms with Crippen molar-refractivity contribution in [1.82, 2.24) is 4.90 Å². The highest BCUT2D eigenvalue weighted by Crippen LogP contribution is 2.33. The molecule has 1 unspecified atom stereocenters. The highest BCUT2D eigenvalue weighted by atomic mass is 127. The second kappa shape index (κ2) is 6.61. The fourth-order valence-electron chi connectivity index (χ4n) is 1.80. The summed E-state index contributed by atoms with van der Waals surface area (Å²) in [6.07, 6.45) is 1.64. The first-order valence-electron chi connectivity index (χ1n) is 6.04. The van der Waals surface area contributed by atoms with Gasteiger partial charge in [-0.05, 0) is 65.0 Å². The number of hydrogen-bond acceptors (Lipinski definition) is 5. The van der Waals surface area contributed by atoms with E-state index in [1.165, 1.54) is 14.0 Å². The maximum atomic E-state index is 12.3.